The number of carbonyl (C=O) groups is 3. The van der Waals surface area contributed by atoms with Crippen molar-refractivity contribution >= 4 is 23.7 Å². The number of ketones is 1. The molecule has 29 heavy (non-hydrogen) atoms. The lowest BCUT2D eigenvalue weighted by Crippen LogP contribution is -2.14. The molecule has 0 radical (unpaired) electrons. The fraction of sp³-hybridized carbons (Fsp3) is 0.174. The van der Waals surface area contributed by atoms with Crippen molar-refractivity contribution in [3.63, 3.8) is 0 Å². The maximum Gasteiger partial charge on any atom is 0.248 e. The smallest absolute Gasteiger partial charge is 0.248 e. The molecule has 1 amide bonds. The number of carbonyl (C=O) groups excluding carboxylic acids is 3. The Morgan fingerprint density at radius 1 is 1.03 bits per heavy atom. The minimum absolute atomic E-state index is 0.0177. The Hall–Kier alpha value is -3.51. The van der Waals surface area contributed by atoms with Crippen LogP contribution in [0.3, 0.4) is 0 Å². The fourth-order valence-electron chi connectivity index (χ4n) is 2.26. The summed E-state index contributed by atoms with van der Waals surface area (Å²) in [4.78, 5) is 32.8. The molecule has 0 fully saturated rings. The van der Waals surface area contributed by atoms with Gasteiger partial charge in [0.05, 0.1) is 5.70 Å². The van der Waals surface area contributed by atoms with Crippen LogP contribution in [0.5, 0.6) is 0 Å². The van der Waals surface area contributed by atoms with Gasteiger partial charge >= 0.3 is 0 Å². The predicted molar refractivity (Wildman–Crippen MR) is 117 cm³/mol. The van der Waals surface area contributed by atoms with Gasteiger partial charge in [0.2, 0.25) is 5.91 Å². The molecule has 0 bridgehead atoms. The van der Waals surface area contributed by atoms with Gasteiger partial charge in [-0.05, 0) is 31.7 Å². The molecule has 2 aromatic carbocycles. The van der Waals surface area contributed by atoms with Gasteiger partial charge in [-0.15, -0.1) is 0 Å². The Morgan fingerprint density at radius 3 is 2.31 bits per heavy atom. The summed E-state index contributed by atoms with van der Waals surface area (Å²) in [6, 6.07) is 16.7. The molecule has 3 N–H and O–H groups in total. The Bertz CT molecular complexity index is 845. The number of aldehydes is 1. The van der Waals surface area contributed by atoms with E-state index in [0.29, 0.717) is 30.6 Å². The van der Waals surface area contributed by atoms with Crippen LogP contribution in [0.25, 0.3) is 0 Å². The van der Waals surface area contributed by atoms with E-state index in [0.717, 1.165) is 11.3 Å². The average molecular weight is 393 g/mol. The van der Waals surface area contributed by atoms with Crippen LogP contribution in [0.1, 0.15) is 22.8 Å². The second-order valence-corrected chi connectivity index (χ2v) is 6.03. The molecule has 152 valence electrons. The van der Waals surface area contributed by atoms with Crippen molar-refractivity contribution in [1.82, 2.24) is 10.6 Å². The molecule has 6 nitrogen and oxygen atoms in total. The number of anilines is 1. The molecule has 6 heteroatoms. The van der Waals surface area contributed by atoms with Crippen LogP contribution in [-0.2, 0) is 16.1 Å². The molecule has 0 aliphatic heterocycles. The van der Waals surface area contributed by atoms with Crippen molar-refractivity contribution in [3.8, 4) is 0 Å². The van der Waals surface area contributed by atoms with Crippen molar-refractivity contribution in [3.05, 3.63) is 90.2 Å². The van der Waals surface area contributed by atoms with E-state index in [9.17, 15) is 14.4 Å². The number of hydrogen-bond acceptors (Lipinski definition) is 5. The first-order valence-electron chi connectivity index (χ1n) is 9.12. The summed E-state index contributed by atoms with van der Waals surface area (Å²) in [5, 5.41) is 8.50. The molecule has 0 saturated carbocycles. The highest BCUT2D eigenvalue weighted by Crippen LogP contribution is 2.09. The van der Waals surface area contributed by atoms with Crippen molar-refractivity contribution < 1.29 is 14.4 Å². The average Bonchev–Trinajstić information content (AvgIpc) is 2.73. The van der Waals surface area contributed by atoms with Crippen molar-refractivity contribution in [2.75, 3.05) is 18.9 Å². The third-order valence-corrected chi connectivity index (χ3v) is 3.68. The van der Waals surface area contributed by atoms with Gasteiger partial charge in [-0.1, -0.05) is 55.1 Å². The van der Waals surface area contributed by atoms with E-state index in [-0.39, 0.29) is 11.7 Å². The Balaban J connectivity index is 0.000000291. The maximum absolute atomic E-state index is 11.3. The number of likely N-dealkylation sites (N-methyl/N-ethyl adjacent to an activating group) is 1. The first-order valence-corrected chi connectivity index (χ1v) is 9.12. The summed E-state index contributed by atoms with van der Waals surface area (Å²) in [5.41, 5.74) is 2.66. The van der Waals surface area contributed by atoms with Crippen molar-refractivity contribution in [2.45, 2.75) is 13.5 Å². The summed E-state index contributed by atoms with van der Waals surface area (Å²) in [6.07, 6.45) is 3.94. The molecule has 0 saturated heterocycles. The number of hydrogen-bond donors (Lipinski definition) is 3. The highest BCUT2D eigenvalue weighted by atomic mass is 16.1. The molecular formula is C23H27N3O3. The number of amides is 1. The van der Waals surface area contributed by atoms with Crippen LogP contribution < -0.4 is 16.0 Å². The van der Waals surface area contributed by atoms with Crippen LogP contribution in [0.4, 0.5) is 5.69 Å². The van der Waals surface area contributed by atoms with E-state index in [1.165, 1.54) is 13.0 Å². The number of Topliss-reactive ketones (excluding diaryl/α,β-unsaturated/α-hetero) is 1. The summed E-state index contributed by atoms with van der Waals surface area (Å²) in [7, 11) is 1.83. The third-order valence-electron chi connectivity index (χ3n) is 3.68. The molecule has 0 spiro atoms. The number of allylic oxidation sites excluding steroid dienone is 1. The Kier molecular flexibility index (Phi) is 11.1. The van der Waals surface area contributed by atoms with E-state index < -0.39 is 0 Å². The lowest BCUT2D eigenvalue weighted by Gasteiger charge is -2.08. The van der Waals surface area contributed by atoms with Gasteiger partial charge in [0, 0.05) is 30.4 Å². The maximum atomic E-state index is 11.3. The molecule has 0 heterocycles. The van der Waals surface area contributed by atoms with Gasteiger partial charge in [0.1, 0.15) is 0 Å². The monoisotopic (exact) mass is 393 g/mol. The minimum atomic E-state index is -0.105. The van der Waals surface area contributed by atoms with Crippen LogP contribution in [0.2, 0.25) is 0 Å². The minimum Gasteiger partial charge on any atom is -0.379 e. The summed E-state index contributed by atoms with van der Waals surface area (Å²) in [6.45, 7) is 6.15. The van der Waals surface area contributed by atoms with Crippen molar-refractivity contribution in [2.24, 2.45) is 0 Å². The first kappa shape index (κ1) is 23.5. The number of benzene rings is 2. The number of rotatable bonds is 9. The summed E-state index contributed by atoms with van der Waals surface area (Å²) < 4.78 is 0. The first-order chi connectivity index (χ1) is 14.0. The van der Waals surface area contributed by atoms with Crippen LogP contribution >= 0.6 is 0 Å². The van der Waals surface area contributed by atoms with Gasteiger partial charge < -0.3 is 16.0 Å². The van der Waals surface area contributed by atoms with Gasteiger partial charge in [-0.3, -0.25) is 14.4 Å². The fourth-order valence-corrected chi connectivity index (χ4v) is 2.26. The van der Waals surface area contributed by atoms with Crippen LogP contribution in [-0.4, -0.2) is 31.6 Å². The zero-order valence-corrected chi connectivity index (χ0v) is 16.8. The SMILES string of the molecule is C=C(C=O)NCc1ccccc1C(C)=O.CNC/C=C/C(=O)Nc1ccccc1. The molecule has 2 rings (SSSR count). The number of nitrogens with one attached hydrogen (secondary N) is 3. The van der Waals surface area contributed by atoms with Gasteiger partial charge in [-0.2, -0.15) is 0 Å². The zero-order valence-electron chi connectivity index (χ0n) is 16.8. The lowest BCUT2D eigenvalue weighted by atomic mass is 10.0. The Morgan fingerprint density at radius 2 is 1.69 bits per heavy atom. The lowest BCUT2D eigenvalue weighted by molar-refractivity contribution is -0.112. The molecular weight excluding hydrogens is 366 g/mol. The molecule has 0 atom stereocenters. The zero-order chi connectivity index (χ0) is 21.5. The number of para-hydroxylation sites is 1. The second kappa shape index (κ2) is 13.6. The van der Waals surface area contributed by atoms with E-state index in [2.05, 4.69) is 22.5 Å². The molecule has 0 aliphatic rings. The second-order valence-electron chi connectivity index (χ2n) is 6.03. The quantitative estimate of drug-likeness (QED) is 0.346. The van der Waals surface area contributed by atoms with Gasteiger partial charge in [0.25, 0.3) is 0 Å². The molecule has 0 unspecified atom stereocenters. The highest BCUT2D eigenvalue weighted by molar-refractivity contribution is 5.99. The summed E-state index contributed by atoms with van der Waals surface area (Å²) >= 11 is 0. The molecule has 2 aromatic rings. The van der Waals surface area contributed by atoms with Gasteiger partial charge in [-0.25, -0.2) is 0 Å². The standard InChI is InChI=1S/C12H13NO2.C11H14N2O/c1-9(8-14)13-7-11-5-3-4-6-12(11)10(2)15;1-12-9-5-8-11(14)13-10-6-3-2-4-7-10/h3-6,8,13H,1,7H2,2H3;2-8,12H,9H2,1H3,(H,13,14)/b;8-5+. The van der Waals surface area contributed by atoms with E-state index >= 15 is 0 Å². The topological polar surface area (TPSA) is 87.3 Å². The van der Waals surface area contributed by atoms with E-state index in [1.54, 1.807) is 12.1 Å². The van der Waals surface area contributed by atoms with Crippen LogP contribution in [0, 0.1) is 0 Å². The van der Waals surface area contributed by atoms with E-state index in [4.69, 9.17) is 0 Å². The van der Waals surface area contributed by atoms with E-state index in [1.807, 2.05) is 55.6 Å². The normalized spacial score (nSPS) is 9.86. The largest absolute Gasteiger partial charge is 0.379 e. The molecule has 0 aromatic heterocycles. The van der Waals surface area contributed by atoms with Gasteiger partial charge in [0.15, 0.2) is 12.1 Å². The molecule has 0 aliphatic carbocycles. The summed E-state index contributed by atoms with van der Waals surface area (Å²) in [5.74, 6) is -0.0874. The third kappa shape index (κ3) is 9.83. The van der Waals surface area contributed by atoms with Crippen molar-refractivity contribution in [1.29, 1.82) is 0 Å². The Labute approximate surface area is 171 Å². The van der Waals surface area contributed by atoms with Crippen LogP contribution in [0.15, 0.2) is 79.0 Å². The predicted octanol–water partition coefficient (Wildman–Crippen LogP) is 3.09. The highest BCUT2D eigenvalue weighted by Gasteiger charge is 2.05.